The number of oxazole rings is 1. The van der Waals surface area contributed by atoms with E-state index in [1.165, 1.54) is 17.3 Å². The highest BCUT2D eigenvalue weighted by molar-refractivity contribution is 7.99. The van der Waals surface area contributed by atoms with Crippen molar-refractivity contribution in [1.82, 2.24) is 15.3 Å². The van der Waals surface area contributed by atoms with Gasteiger partial charge in [0, 0.05) is 12.7 Å². The molecular formula is C14H19N3OS. The third-order valence-corrected chi connectivity index (χ3v) is 3.83. The maximum absolute atomic E-state index is 5.57. The van der Waals surface area contributed by atoms with Gasteiger partial charge in [-0.15, -0.1) is 0 Å². The predicted octanol–water partition coefficient (Wildman–Crippen LogP) is 3.26. The van der Waals surface area contributed by atoms with Gasteiger partial charge >= 0.3 is 0 Å². The molecule has 0 saturated carbocycles. The molecule has 1 N–H and O–H groups in total. The molecule has 2 heterocycles. The highest BCUT2D eigenvalue weighted by Crippen LogP contribution is 2.29. The summed E-state index contributed by atoms with van der Waals surface area (Å²) >= 11 is 1.47. The SMILES string of the molecule is CCNCc1cnc(Sc2nc(C)c(C)o2)c(C)c1. The summed E-state index contributed by atoms with van der Waals surface area (Å²) in [5, 5.41) is 4.90. The molecule has 0 saturated heterocycles. The van der Waals surface area contributed by atoms with Crippen LogP contribution in [0.3, 0.4) is 0 Å². The van der Waals surface area contributed by atoms with Gasteiger partial charge in [0.1, 0.15) is 10.8 Å². The van der Waals surface area contributed by atoms with Gasteiger partial charge in [-0.3, -0.25) is 0 Å². The topological polar surface area (TPSA) is 51.0 Å². The molecule has 0 aliphatic heterocycles. The highest BCUT2D eigenvalue weighted by atomic mass is 32.2. The molecule has 0 fully saturated rings. The fourth-order valence-electron chi connectivity index (χ4n) is 1.66. The zero-order valence-corrected chi connectivity index (χ0v) is 12.6. The number of nitrogens with zero attached hydrogens (tertiary/aromatic N) is 2. The minimum Gasteiger partial charge on any atom is -0.436 e. The summed E-state index contributed by atoms with van der Waals surface area (Å²) in [5.74, 6) is 0.865. The molecule has 19 heavy (non-hydrogen) atoms. The summed E-state index contributed by atoms with van der Waals surface area (Å²) in [6, 6.07) is 2.15. The van der Waals surface area contributed by atoms with Crippen LogP contribution < -0.4 is 5.32 Å². The van der Waals surface area contributed by atoms with Crippen LogP contribution >= 0.6 is 11.8 Å². The van der Waals surface area contributed by atoms with Gasteiger partial charge in [-0.1, -0.05) is 13.0 Å². The Morgan fingerprint density at radius 1 is 1.32 bits per heavy atom. The molecule has 0 amide bonds. The maximum Gasteiger partial charge on any atom is 0.262 e. The lowest BCUT2D eigenvalue weighted by Gasteiger charge is -2.06. The van der Waals surface area contributed by atoms with Gasteiger partial charge in [0.2, 0.25) is 0 Å². The van der Waals surface area contributed by atoms with Gasteiger partial charge < -0.3 is 9.73 Å². The fraction of sp³-hybridized carbons (Fsp3) is 0.429. The van der Waals surface area contributed by atoms with E-state index in [1.54, 1.807) is 0 Å². The van der Waals surface area contributed by atoms with Crippen LogP contribution in [-0.2, 0) is 6.54 Å². The summed E-state index contributed by atoms with van der Waals surface area (Å²) in [6.45, 7) is 9.84. The first-order chi connectivity index (χ1) is 9.10. The summed E-state index contributed by atoms with van der Waals surface area (Å²) in [4.78, 5) is 8.85. The molecule has 0 aliphatic rings. The van der Waals surface area contributed by atoms with Crippen LogP contribution in [0.4, 0.5) is 0 Å². The standard InChI is InChI=1S/C14H19N3OS/c1-5-15-7-12-6-9(2)13(16-8-12)19-14-17-10(3)11(4)18-14/h6,8,15H,5,7H2,1-4H3. The Hall–Kier alpha value is -1.33. The van der Waals surface area contributed by atoms with E-state index in [-0.39, 0.29) is 0 Å². The van der Waals surface area contributed by atoms with Gasteiger partial charge in [0.15, 0.2) is 0 Å². The molecule has 4 nitrogen and oxygen atoms in total. The van der Waals surface area contributed by atoms with Crippen molar-refractivity contribution < 1.29 is 4.42 Å². The third-order valence-electron chi connectivity index (χ3n) is 2.86. The summed E-state index contributed by atoms with van der Waals surface area (Å²) in [6.07, 6.45) is 1.90. The second kappa shape index (κ2) is 6.21. The molecule has 5 heteroatoms. The van der Waals surface area contributed by atoms with E-state index in [9.17, 15) is 0 Å². The van der Waals surface area contributed by atoms with Gasteiger partial charge in [0.05, 0.1) is 5.69 Å². The summed E-state index contributed by atoms with van der Waals surface area (Å²) in [5.41, 5.74) is 3.28. The Morgan fingerprint density at radius 3 is 2.68 bits per heavy atom. The van der Waals surface area contributed by atoms with Crippen LogP contribution in [-0.4, -0.2) is 16.5 Å². The molecule has 2 aromatic heterocycles. The molecule has 2 aromatic rings. The monoisotopic (exact) mass is 277 g/mol. The minimum absolute atomic E-state index is 0.657. The molecule has 2 rings (SSSR count). The quantitative estimate of drug-likeness (QED) is 0.909. The van der Waals surface area contributed by atoms with E-state index in [1.807, 2.05) is 20.0 Å². The average Bonchev–Trinajstić information content (AvgIpc) is 2.69. The van der Waals surface area contributed by atoms with Crippen molar-refractivity contribution in [3.63, 3.8) is 0 Å². The zero-order valence-electron chi connectivity index (χ0n) is 11.8. The average molecular weight is 277 g/mol. The van der Waals surface area contributed by atoms with Crippen molar-refractivity contribution in [3.8, 4) is 0 Å². The van der Waals surface area contributed by atoms with E-state index in [4.69, 9.17) is 4.42 Å². The number of pyridine rings is 1. The van der Waals surface area contributed by atoms with Crippen molar-refractivity contribution in [2.45, 2.75) is 44.5 Å². The number of aryl methyl sites for hydroxylation is 3. The van der Waals surface area contributed by atoms with E-state index < -0.39 is 0 Å². The molecule has 0 aliphatic carbocycles. The van der Waals surface area contributed by atoms with E-state index in [0.717, 1.165) is 35.1 Å². The molecular weight excluding hydrogens is 258 g/mol. The normalized spacial score (nSPS) is 10.9. The Bertz CT molecular complexity index is 546. The van der Waals surface area contributed by atoms with Crippen molar-refractivity contribution in [1.29, 1.82) is 0 Å². The number of rotatable bonds is 5. The molecule has 102 valence electrons. The van der Waals surface area contributed by atoms with Crippen molar-refractivity contribution >= 4 is 11.8 Å². The Balaban J connectivity index is 2.12. The predicted molar refractivity (Wildman–Crippen MR) is 76.5 cm³/mol. The largest absolute Gasteiger partial charge is 0.436 e. The third kappa shape index (κ3) is 3.58. The second-order valence-corrected chi connectivity index (χ2v) is 5.41. The van der Waals surface area contributed by atoms with E-state index >= 15 is 0 Å². The van der Waals surface area contributed by atoms with Crippen molar-refractivity contribution in [2.24, 2.45) is 0 Å². The first-order valence-corrected chi connectivity index (χ1v) is 7.20. The molecule has 0 bridgehead atoms. The number of hydrogen-bond donors (Lipinski definition) is 1. The molecule has 0 atom stereocenters. The van der Waals surface area contributed by atoms with Crippen molar-refractivity contribution in [3.05, 3.63) is 34.8 Å². The highest BCUT2D eigenvalue weighted by Gasteiger charge is 2.10. The maximum atomic E-state index is 5.57. The van der Waals surface area contributed by atoms with E-state index in [0.29, 0.717) is 5.22 Å². The van der Waals surface area contributed by atoms with Gasteiger partial charge in [0.25, 0.3) is 5.22 Å². The fourth-order valence-corrected chi connectivity index (χ4v) is 2.50. The van der Waals surface area contributed by atoms with Crippen molar-refractivity contribution in [2.75, 3.05) is 6.54 Å². The second-order valence-electron chi connectivity index (χ2n) is 4.47. The first-order valence-electron chi connectivity index (χ1n) is 6.38. The van der Waals surface area contributed by atoms with Crippen LogP contribution in [0.5, 0.6) is 0 Å². The number of nitrogens with one attached hydrogen (secondary N) is 1. The van der Waals surface area contributed by atoms with Gasteiger partial charge in [-0.2, -0.15) is 0 Å². The lowest BCUT2D eigenvalue weighted by atomic mass is 10.2. The first kappa shape index (κ1) is 14.1. The molecule has 0 spiro atoms. The number of hydrogen-bond acceptors (Lipinski definition) is 5. The smallest absolute Gasteiger partial charge is 0.262 e. The van der Waals surface area contributed by atoms with Crippen LogP contribution in [0.15, 0.2) is 26.9 Å². The van der Waals surface area contributed by atoms with Crippen LogP contribution in [0.1, 0.15) is 29.5 Å². The Kier molecular flexibility index (Phi) is 4.61. The lowest BCUT2D eigenvalue weighted by molar-refractivity contribution is 0.431. The molecule has 0 radical (unpaired) electrons. The number of aromatic nitrogens is 2. The van der Waals surface area contributed by atoms with Crippen LogP contribution in [0, 0.1) is 20.8 Å². The molecule has 0 unspecified atom stereocenters. The van der Waals surface area contributed by atoms with Gasteiger partial charge in [-0.05, 0) is 50.2 Å². The lowest BCUT2D eigenvalue weighted by Crippen LogP contribution is -2.12. The summed E-state index contributed by atoms with van der Waals surface area (Å²) < 4.78 is 5.57. The Labute approximate surface area is 118 Å². The minimum atomic E-state index is 0.657. The molecule has 0 aromatic carbocycles. The van der Waals surface area contributed by atoms with Crippen LogP contribution in [0.25, 0.3) is 0 Å². The zero-order chi connectivity index (χ0) is 13.8. The van der Waals surface area contributed by atoms with Crippen LogP contribution in [0.2, 0.25) is 0 Å². The van der Waals surface area contributed by atoms with Gasteiger partial charge in [-0.25, -0.2) is 9.97 Å². The van der Waals surface area contributed by atoms with E-state index in [2.05, 4.69) is 35.2 Å². The summed E-state index contributed by atoms with van der Waals surface area (Å²) in [7, 11) is 0. The Morgan fingerprint density at radius 2 is 2.11 bits per heavy atom.